The number of thiazole rings is 1. The van der Waals surface area contributed by atoms with Crippen LogP contribution >= 0.6 is 11.3 Å². The molecule has 0 bridgehead atoms. The summed E-state index contributed by atoms with van der Waals surface area (Å²) in [6, 6.07) is 7.88. The summed E-state index contributed by atoms with van der Waals surface area (Å²) in [7, 11) is 3.76. The predicted octanol–water partition coefficient (Wildman–Crippen LogP) is 3.64. The third kappa shape index (κ3) is 7.02. The van der Waals surface area contributed by atoms with Crippen LogP contribution in [-0.4, -0.2) is 35.8 Å². The summed E-state index contributed by atoms with van der Waals surface area (Å²) in [5.41, 5.74) is 2.94. The van der Waals surface area contributed by atoms with Crippen molar-refractivity contribution in [3.63, 3.8) is 0 Å². The van der Waals surface area contributed by atoms with Gasteiger partial charge in [-0.15, -0.1) is 11.3 Å². The largest absolute Gasteiger partial charge is 0.352 e. The first-order valence-corrected chi connectivity index (χ1v) is 9.97. The van der Waals surface area contributed by atoms with Gasteiger partial charge in [-0.3, -0.25) is 9.79 Å². The molecule has 146 valence electrons. The minimum absolute atomic E-state index is 0.0456. The van der Waals surface area contributed by atoms with Gasteiger partial charge in [0.2, 0.25) is 5.91 Å². The van der Waals surface area contributed by atoms with Crippen LogP contribution in [0.1, 0.15) is 36.5 Å². The highest BCUT2D eigenvalue weighted by molar-refractivity contribution is 7.09. The van der Waals surface area contributed by atoms with Crippen LogP contribution in [-0.2, 0) is 17.9 Å². The topological polar surface area (TPSA) is 69.6 Å². The number of benzene rings is 1. The molecule has 0 aliphatic heterocycles. The first-order chi connectivity index (χ1) is 12.9. The van der Waals surface area contributed by atoms with Gasteiger partial charge in [0.25, 0.3) is 0 Å². The molecule has 1 aromatic carbocycles. The highest BCUT2D eigenvalue weighted by atomic mass is 32.1. The Morgan fingerprint density at radius 3 is 2.78 bits per heavy atom. The minimum Gasteiger partial charge on any atom is -0.352 e. The first kappa shape index (κ1) is 20.9. The minimum atomic E-state index is 0.0456. The first-order valence-electron chi connectivity index (χ1n) is 9.09. The Bertz CT molecular complexity index is 784. The van der Waals surface area contributed by atoms with Gasteiger partial charge >= 0.3 is 0 Å². The van der Waals surface area contributed by atoms with Crippen molar-refractivity contribution < 1.29 is 4.79 Å². The maximum atomic E-state index is 12.0. The lowest BCUT2D eigenvalue weighted by Gasteiger charge is -2.21. The molecule has 2 N–H and O–H groups in total. The number of carbonyl (C=O) groups excluding carboxylic acids is 1. The number of nitrogens with one attached hydrogen (secondary N) is 2. The smallest absolute Gasteiger partial charge is 0.224 e. The highest BCUT2D eigenvalue weighted by Gasteiger charge is 2.09. The third-order valence-corrected chi connectivity index (χ3v) is 4.72. The fourth-order valence-electron chi connectivity index (χ4n) is 2.71. The SMILES string of the molecule is CN=C(NCc1cccc(NC(=O)CC(C)C)c1)N(C)Cc1csc(C)n1. The van der Waals surface area contributed by atoms with Crippen molar-refractivity contribution in [3.8, 4) is 0 Å². The predicted molar refractivity (Wildman–Crippen MR) is 113 cm³/mol. The second kappa shape index (κ2) is 10.1. The maximum absolute atomic E-state index is 12.0. The standard InChI is InChI=1S/C20H29N5OS/c1-14(2)9-19(26)24-17-8-6-7-16(10-17)11-22-20(21-4)25(5)12-18-13-27-15(3)23-18/h6-8,10,13-14H,9,11-12H2,1-5H3,(H,21,22)(H,24,26). The number of hydrogen-bond acceptors (Lipinski definition) is 4. The van der Waals surface area contributed by atoms with Gasteiger partial charge in [-0.2, -0.15) is 0 Å². The van der Waals surface area contributed by atoms with Gasteiger partial charge < -0.3 is 15.5 Å². The van der Waals surface area contributed by atoms with Crippen molar-refractivity contribution in [2.45, 2.75) is 40.3 Å². The lowest BCUT2D eigenvalue weighted by atomic mass is 10.1. The number of aryl methyl sites for hydroxylation is 1. The molecule has 0 aliphatic rings. The van der Waals surface area contributed by atoms with Crippen LogP contribution in [0.4, 0.5) is 5.69 Å². The third-order valence-electron chi connectivity index (χ3n) is 3.89. The van der Waals surface area contributed by atoms with E-state index in [0.717, 1.165) is 27.9 Å². The average molecular weight is 388 g/mol. The Morgan fingerprint density at radius 2 is 2.15 bits per heavy atom. The van der Waals surface area contributed by atoms with Crippen molar-refractivity contribution in [3.05, 3.63) is 45.9 Å². The van der Waals surface area contributed by atoms with E-state index in [1.807, 2.05) is 57.0 Å². The van der Waals surface area contributed by atoms with Gasteiger partial charge in [0.05, 0.1) is 17.2 Å². The fraction of sp³-hybridized carbons (Fsp3) is 0.450. The van der Waals surface area contributed by atoms with Gasteiger partial charge in [0.1, 0.15) is 0 Å². The van der Waals surface area contributed by atoms with Crippen LogP contribution in [0.2, 0.25) is 0 Å². The lowest BCUT2D eigenvalue weighted by molar-refractivity contribution is -0.116. The molecule has 1 heterocycles. The van der Waals surface area contributed by atoms with Crippen LogP contribution in [0, 0.1) is 12.8 Å². The molecule has 0 spiro atoms. The van der Waals surface area contributed by atoms with Crippen LogP contribution < -0.4 is 10.6 Å². The number of anilines is 1. The Labute approximate surface area is 165 Å². The maximum Gasteiger partial charge on any atom is 0.224 e. The fourth-order valence-corrected chi connectivity index (χ4v) is 3.31. The normalized spacial score (nSPS) is 11.6. The van der Waals surface area contributed by atoms with E-state index in [4.69, 9.17) is 0 Å². The Balaban J connectivity index is 1.92. The molecule has 0 saturated carbocycles. The molecule has 0 unspecified atom stereocenters. The van der Waals surface area contributed by atoms with E-state index >= 15 is 0 Å². The van der Waals surface area contributed by atoms with Crippen molar-refractivity contribution in [2.24, 2.45) is 10.9 Å². The summed E-state index contributed by atoms with van der Waals surface area (Å²) in [4.78, 5) is 22.8. The zero-order valence-corrected chi connectivity index (χ0v) is 17.6. The van der Waals surface area contributed by atoms with E-state index < -0.39 is 0 Å². The number of hydrogen-bond donors (Lipinski definition) is 2. The van der Waals surface area contributed by atoms with E-state index in [9.17, 15) is 4.79 Å². The molecule has 27 heavy (non-hydrogen) atoms. The molecular formula is C20H29N5OS. The zero-order valence-electron chi connectivity index (χ0n) is 16.7. The van der Waals surface area contributed by atoms with Gasteiger partial charge in [0.15, 0.2) is 5.96 Å². The average Bonchev–Trinajstić information content (AvgIpc) is 2.99. The summed E-state index contributed by atoms with van der Waals surface area (Å²) in [5.74, 6) is 1.19. The summed E-state index contributed by atoms with van der Waals surface area (Å²) in [6.07, 6.45) is 0.524. The number of aromatic nitrogens is 1. The number of rotatable bonds is 7. The molecule has 6 nitrogen and oxygen atoms in total. The van der Waals surface area contributed by atoms with Crippen LogP contribution in [0.3, 0.4) is 0 Å². The van der Waals surface area contributed by atoms with E-state index in [-0.39, 0.29) is 5.91 Å². The molecule has 0 fully saturated rings. The molecule has 0 aliphatic carbocycles. The van der Waals surface area contributed by atoms with E-state index in [2.05, 4.69) is 26.0 Å². The van der Waals surface area contributed by atoms with Gasteiger partial charge in [-0.25, -0.2) is 4.98 Å². The molecule has 0 atom stereocenters. The molecule has 2 aromatic rings. The second-order valence-corrected chi connectivity index (χ2v) is 8.02. The molecule has 1 amide bonds. The van der Waals surface area contributed by atoms with Gasteiger partial charge in [0, 0.05) is 38.1 Å². The van der Waals surface area contributed by atoms with Crippen LogP contribution in [0.25, 0.3) is 0 Å². The Hall–Kier alpha value is -2.41. The Morgan fingerprint density at radius 1 is 1.37 bits per heavy atom. The molecular weight excluding hydrogens is 358 g/mol. The Kier molecular flexibility index (Phi) is 7.79. The van der Waals surface area contributed by atoms with E-state index in [1.165, 1.54) is 0 Å². The molecule has 7 heteroatoms. The number of aliphatic imine (C=N–C) groups is 1. The molecule has 2 rings (SSSR count). The number of carbonyl (C=O) groups is 1. The molecule has 0 radical (unpaired) electrons. The quantitative estimate of drug-likeness (QED) is 0.562. The lowest BCUT2D eigenvalue weighted by Crippen LogP contribution is -2.38. The van der Waals surface area contributed by atoms with Gasteiger partial charge in [-0.1, -0.05) is 26.0 Å². The van der Waals surface area contributed by atoms with Crippen molar-refractivity contribution in [1.82, 2.24) is 15.2 Å². The molecule has 1 aromatic heterocycles. The van der Waals surface area contributed by atoms with Crippen LogP contribution in [0.5, 0.6) is 0 Å². The second-order valence-electron chi connectivity index (χ2n) is 6.96. The van der Waals surface area contributed by atoms with Crippen molar-refractivity contribution >= 4 is 28.9 Å². The van der Waals surface area contributed by atoms with Crippen LogP contribution in [0.15, 0.2) is 34.6 Å². The number of guanidine groups is 1. The van der Waals surface area contributed by atoms with Crippen molar-refractivity contribution in [2.75, 3.05) is 19.4 Å². The summed E-state index contributed by atoms with van der Waals surface area (Å²) >= 11 is 1.65. The highest BCUT2D eigenvalue weighted by Crippen LogP contribution is 2.13. The summed E-state index contributed by atoms with van der Waals surface area (Å²) in [6.45, 7) is 7.41. The van der Waals surface area contributed by atoms with E-state index in [1.54, 1.807) is 18.4 Å². The number of nitrogens with zero attached hydrogens (tertiary/aromatic N) is 3. The summed E-state index contributed by atoms with van der Waals surface area (Å²) in [5, 5.41) is 9.46. The number of amides is 1. The van der Waals surface area contributed by atoms with Crippen molar-refractivity contribution in [1.29, 1.82) is 0 Å². The van der Waals surface area contributed by atoms with E-state index in [0.29, 0.717) is 25.4 Å². The summed E-state index contributed by atoms with van der Waals surface area (Å²) < 4.78 is 0. The molecule has 0 saturated heterocycles. The monoisotopic (exact) mass is 387 g/mol. The zero-order chi connectivity index (χ0) is 19.8. The van der Waals surface area contributed by atoms with Gasteiger partial charge in [-0.05, 0) is 30.5 Å².